The average Bonchev–Trinajstić information content (AvgIpc) is 3.25. The van der Waals surface area contributed by atoms with Gasteiger partial charge < -0.3 is 24.6 Å². The maximum Gasteiger partial charge on any atom is 0.258 e. The fourth-order valence-electron chi connectivity index (χ4n) is 4.56. The molecule has 0 bridgehead atoms. The van der Waals surface area contributed by atoms with Crippen molar-refractivity contribution in [1.29, 1.82) is 0 Å². The van der Waals surface area contributed by atoms with E-state index in [1.54, 1.807) is 0 Å². The fraction of sp³-hybridized carbons (Fsp3) is 0.560. The van der Waals surface area contributed by atoms with Crippen LogP contribution in [0.25, 0.3) is 0 Å². The van der Waals surface area contributed by atoms with Crippen molar-refractivity contribution >= 4 is 17.6 Å². The number of aromatic nitrogens is 2. The Hall–Kier alpha value is -3.07. The van der Waals surface area contributed by atoms with Crippen LogP contribution in [0.5, 0.6) is 5.75 Å². The van der Waals surface area contributed by atoms with Gasteiger partial charge in [0.25, 0.3) is 5.91 Å². The van der Waals surface area contributed by atoms with E-state index in [0.717, 1.165) is 42.1 Å². The molecule has 184 valence electrons. The Labute approximate surface area is 200 Å². The highest BCUT2D eigenvalue weighted by Crippen LogP contribution is 2.37. The molecule has 0 saturated carbocycles. The third-order valence-electron chi connectivity index (χ3n) is 6.31. The molecule has 34 heavy (non-hydrogen) atoms. The Balaban J connectivity index is 1.61. The van der Waals surface area contributed by atoms with Crippen LogP contribution >= 0.6 is 0 Å². The van der Waals surface area contributed by atoms with E-state index in [1.165, 1.54) is 0 Å². The van der Waals surface area contributed by atoms with Gasteiger partial charge in [0, 0.05) is 31.6 Å². The van der Waals surface area contributed by atoms with Crippen molar-refractivity contribution in [2.24, 2.45) is 0 Å². The van der Waals surface area contributed by atoms with Gasteiger partial charge in [0.1, 0.15) is 23.3 Å². The molecule has 2 aromatic rings. The molecular formula is C25H35N5O4. The summed E-state index contributed by atoms with van der Waals surface area (Å²) in [5, 5.41) is 10.5. The van der Waals surface area contributed by atoms with Crippen molar-refractivity contribution in [3.63, 3.8) is 0 Å². The molecule has 2 aliphatic heterocycles. The van der Waals surface area contributed by atoms with Gasteiger partial charge in [-0.05, 0) is 43.9 Å². The minimum absolute atomic E-state index is 0.145. The molecule has 9 nitrogen and oxygen atoms in total. The van der Waals surface area contributed by atoms with Gasteiger partial charge in [0.05, 0.1) is 25.5 Å². The number of hydrogen-bond acceptors (Lipinski definition) is 6. The first kappa shape index (κ1) is 24.1. The standard InChI is InChI=1S/C25H35N5O4/c1-4-10-30-23(26-25(32)22-17(3)27-28-24(22)30)19-16-18(6-8-20(19)34-13-5-2)7-9-21(31)29-11-14-33-15-12-29/h6,8,16,23H,4-5,7,9-15H2,1-3H3,(H,26,32)(H,27,28). The number of benzene rings is 1. The minimum Gasteiger partial charge on any atom is -0.493 e. The van der Waals surface area contributed by atoms with Crippen LogP contribution < -0.4 is 15.0 Å². The number of aromatic amines is 1. The van der Waals surface area contributed by atoms with E-state index in [2.05, 4.69) is 40.3 Å². The van der Waals surface area contributed by atoms with Crippen LogP contribution in [-0.4, -0.2) is 66.4 Å². The largest absolute Gasteiger partial charge is 0.493 e. The molecule has 1 aromatic heterocycles. The SMILES string of the molecule is CCCOc1ccc(CCC(=O)N2CCOCC2)cc1C1NC(=O)c2c(C)n[nH]c2N1CCC. The molecule has 1 unspecified atom stereocenters. The molecule has 9 heteroatoms. The predicted molar refractivity (Wildman–Crippen MR) is 129 cm³/mol. The number of carbonyl (C=O) groups is 2. The lowest BCUT2D eigenvalue weighted by Crippen LogP contribution is -2.47. The van der Waals surface area contributed by atoms with E-state index in [4.69, 9.17) is 9.47 Å². The van der Waals surface area contributed by atoms with Gasteiger partial charge in [-0.25, -0.2) is 0 Å². The number of rotatable bonds is 9. The van der Waals surface area contributed by atoms with E-state index >= 15 is 0 Å². The maximum atomic E-state index is 13.0. The zero-order valence-corrected chi connectivity index (χ0v) is 20.4. The van der Waals surface area contributed by atoms with Gasteiger partial charge in [-0.3, -0.25) is 14.7 Å². The monoisotopic (exact) mass is 469 g/mol. The number of H-pyrrole nitrogens is 1. The van der Waals surface area contributed by atoms with Crippen molar-refractivity contribution in [1.82, 2.24) is 20.4 Å². The van der Waals surface area contributed by atoms with Gasteiger partial charge in [0.2, 0.25) is 5.91 Å². The first-order chi connectivity index (χ1) is 16.5. The van der Waals surface area contributed by atoms with Crippen LogP contribution in [0, 0.1) is 6.92 Å². The van der Waals surface area contributed by atoms with Gasteiger partial charge in [-0.15, -0.1) is 0 Å². The van der Waals surface area contributed by atoms with E-state index < -0.39 is 0 Å². The summed E-state index contributed by atoms with van der Waals surface area (Å²) in [7, 11) is 0. The Bertz CT molecular complexity index is 1010. The van der Waals surface area contributed by atoms with E-state index in [0.29, 0.717) is 57.0 Å². The predicted octanol–water partition coefficient (Wildman–Crippen LogP) is 2.96. The number of nitrogens with one attached hydrogen (secondary N) is 2. The molecule has 0 spiro atoms. The summed E-state index contributed by atoms with van der Waals surface area (Å²) in [6.45, 7) is 9.85. The first-order valence-corrected chi connectivity index (χ1v) is 12.3. The number of amides is 2. The number of ether oxygens (including phenoxy) is 2. The molecule has 0 radical (unpaired) electrons. The third kappa shape index (κ3) is 5.04. The molecule has 1 atom stereocenters. The molecule has 2 aliphatic rings. The Morgan fingerprint density at radius 3 is 2.76 bits per heavy atom. The Kier molecular flexibility index (Phi) is 7.72. The molecule has 1 aromatic carbocycles. The van der Waals surface area contributed by atoms with Crippen LogP contribution in [0.2, 0.25) is 0 Å². The fourth-order valence-corrected chi connectivity index (χ4v) is 4.56. The molecule has 1 fully saturated rings. The van der Waals surface area contributed by atoms with Gasteiger partial charge >= 0.3 is 0 Å². The Morgan fingerprint density at radius 1 is 1.24 bits per heavy atom. The van der Waals surface area contributed by atoms with Crippen LogP contribution in [-0.2, 0) is 16.0 Å². The summed E-state index contributed by atoms with van der Waals surface area (Å²) in [6, 6.07) is 6.05. The van der Waals surface area contributed by atoms with E-state index in [9.17, 15) is 9.59 Å². The lowest BCUT2D eigenvalue weighted by Gasteiger charge is -2.38. The second kappa shape index (κ2) is 10.9. The summed E-state index contributed by atoms with van der Waals surface area (Å²) >= 11 is 0. The van der Waals surface area contributed by atoms with Crippen molar-refractivity contribution in [2.75, 3.05) is 44.4 Å². The van der Waals surface area contributed by atoms with Gasteiger partial charge in [0.15, 0.2) is 0 Å². The van der Waals surface area contributed by atoms with Crippen molar-refractivity contribution < 1.29 is 19.1 Å². The number of morpholine rings is 1. The number of anilines is 1. The zero-order valence-electron chi connectivity index (χ0n) is 20.4. The lowest BCUT2D eigenvalue weighted by atomic mass is 10.00. The highest BCUT2D eigenvalue weighted by Gasteiger charge is 2.36. The third-order valence-corrected chi connectivity index (χ3v) is 6.31. The van der Waals surface area contributed by atoms with E-state index in [1.807, 2.05) is 24.0 Å². The van der Waals surface area contributed by atoms with Crippen molar-refractivity contribution in [3.05, 3.63) is 40.6 Å². The highest BCUT2D eigenvalue weighted by atomic mass is 16.5. The summed E-state index contributed by atoms with van der Waals surface area (Å²) < 4.78 is 11.4. The van der Waals surface area contributed by atoms with Crippen LogP contribution in [0.15, 0.2) is 18.2 Å². The molecular weight excluding hydrogens is 434 g/mol. The molecule has 2 amide bonds. The molecule has 3 heterocycles. The smallest absolute Gasteiger partial charge is 0.258 e. The van der Waals surface area contributed by atoms with Crippen LogP contribution in [0.4, 0.5) is 5.82 Å². The number of aryl methyl sites for hydroxylation is 2. The van der Waals surface area contributed by atoms with Gasteiger partial charge in [-0.1, -0.05) is 19.9 Å². The summed E-state index contributed by atoms with van der Waals surface area (Å²) in [6.07, 6.45) is 2.47. The van der Waals surface area contributed by atoms with Crippen molar-refractivity contribution in [2.45, 2.75) is 52.6 Å². The van der Waals surface area contributed by atoms with Crippen LogP contribution in [0.3, 0.4) is 0 Å². The number of carbonyl (C=O) groups excluding carboxylic acids is 2. The molecule has 4 rings (SSSR count). The molecule has 0 aliphatic carbocycles. The summed E-state index contributed by atoms with van der Waals surface area (Å²) in [4.78, 5) is 29.7. The Morgan fingerprint density at radius 2 is 2.03 bits per heavy atom. The highest BCUT2D eigenvalue weighted by molar-refractivity contribution is 6.02. The van der Waals surface area contributed by atoms with Crippen molar-refractivity contribution in [3.8, 4) is 5.75 Å². The zero-order chi connectivity index (χ0) is 24.1. The minimum atomic E-state index is -0.387. The average molecular weight is 470 g/mol. The number of hydrogen-bond donors (Lipinski definition) is 2. The van der Waals surface area contributed by atoms with E-state index in [-0.39, 0.29) is 18.0 Å². The summed E-state index contributed by atoms with van der Waals surface area (Å²) in [5.41, 5.74) is 3.21. The lowest BCUT2D eigenvalue weighted by molar-refractivity contribution is -0.135. The number of fused-ring (bicyclic) bond motifs is 1. The molecule has 2 N–H and O–H groups in total. The number of nitrogens with zero attached hydrogens (tertiary/aromatic N) is 3. The first-order valence-electron chi connectivity index (χ1n) is 12.3. The summed E-state index contributed by atoms with van der Waals surface area (Å²) in [5.74, 6) is 1.49. The second-order valence-electron chi connectivity index (χ2n) is 8.82. The topological polar surface area (TPSA) is 99.8 Å². The second-order valence-corrected chi connectivity index (χ2v) is 8.82. The van der Waals surface area contributed by atoms with Gasteiger partial charge in [-0.2, -0.15) is 5.10 Å². The quantitative estimate of drug-likeness (QED) is 0.586. The van der Waals surface area contributed by atoms with Crippen LogP contribution in [0.1, 0.15) is 66.5 Å². The maximum absolute atomic E-state index is 13.0. The normalized spacial score (nSPS) is 18.0. The molecule has 1 saturated heterocycles.